The second-order valence-electron chi connectivity index (χ2n) is 7.39. The third kappa shape index (κ3) is 5.00. The predicted octanol–water partition coefficient (Wildman–Crippen LogP) is 5.33. The van der Waals surface area contributed by atoms with Crippen molar-refractivity contribution < 1.29 is 22.7 Å². The number of hydrogen-bond donors (Lipinski definition) is 1. The van der Waals surface area contributed by atoms with Crippen LogP contribution in [0.4, 0.5) is 17.6 Å². The summed E-state index contributed by atoms with van der Waals surface area (Å²) in [4.78, 5) is 1.87. The lowest BCUT2D eigenvalue weighted by Gasteiger charge is -2.37. The summed E-state index contributed by atoms with van der Waals surface area (Å²) < 4.78 is 52.8. The molecule has 2 unspecified atom stereocenters. The minimum absolute atomic E-state index is 0.174. The Balaban J connectivity index is 2.59. The predicted molar refractivity (Wildman–Crippen MR) is 103 cm³/mol. The molecular weight excluding hydrogens is 370 g/mol. The zero-order valence-corrected chi connectivity index (χ0v) is 16.4. The van der Waals surface area contributed by atoms with E-state index in [9.17, 15) is 22.7 Å². The molecule has 0 amide bonds. The second kappa shape index (κ2) is 8.45. The highest BCUT2D eigenvalue weighted by Crippen LogP contribution is 2.40. The van der Waals surface area contributed by atoms with E-state index in [-0.39, 0.29) is 11.4 Å². The molecule has 0 aliphatic heterocycles. The van der Waals surface area contributed by atoms with Gasteiger partial charge in [-0.2, -0.15) is 13.2 Å². The van der Waals surface area contributed by atoms with Crippen LogP contribution in [0.15, 0.2) is 54.1 Å². The number of rotatable bonds is 6. The number of benzene rings is 2. The van der Waals surface area contributed by atoms with Gasteiger partial charge in [-0.05, 0) is 62.0 Å². The van der Waals surface area contributed by atoms with Crippen molar-refractivity contribution in [1.82, 2.24) is 4.90 Å². The number of alkyl halides is 3. The molecule has 0 bridgehead atoms. The lowest BCUT2D eigenvalue weighted by molar-refractivity contribution is -0.137. The summed E-state index contributed by atoms with van der Waals surface area (Å²) in [6, 6.07) is 10.5. The molecular formula is C22H25F4NO. The van der Waals surface area contributed by atoms with Gasteiger partial charge < -0.3 is 10.0 Å². The molecule has 0 fully saturated rings. The molecule has 2 rings (SSSR count). The molecule has 152 valence electrons. The summed E-state index contributed by atoms with van der Waals surface area (Å²) in [5.41, 5.74) is -1.13. The summed E-state index contributed by atoms with van der Waals surface area (Å²) in [5.74, 6) is -0.786. The average molecular weight is 395 g/mol. The lowest BCUT2D eigenvalue weighted by atomic mass is 9.76. The summed E-state index contributed by atoms with van der Waals surface area (Å²) in [5, 5.41) is 11.6. The van der Waals surface area contributed by atoms with Crippen molar-refractivity contribution in [3.8, 4) is 0 Å². The first-order valence-corrected chi connectivity index (χ1v) is 8.93. The fourth-order valence-electron chi connectivity index (χ4n) is 3.43. The molecule has 0 aromatic heterocycles. The molecule has 2 aromatic carbocycles. The van der Waals surface area contributed by atoms with Crippen LogP contribution in [-0.2, 0) is 11.8 Å². The maximum Gasteiger partial charge on any atom is 0.416 e. The minimum Gasteiger partial charge on any atom is -0.380 e. The zero-order chi connectivity index (χ0) is 21.1. The van der Waals surface area contributed by atoms with Gasteiger partial charge in [-0.1, -0.05) is 37.3 Å². The van der Waals surface area contributed by atoms with Gasteiger partial charge in [0.1, 0.15) is 11.4 Å². The van der Waals surface area contributed by atoms with Gasteiger partial charge in [0, 0.05) is 12.5 Å². The van der Waals surface area contributed by atoms with Crippen LogP contribution >= 0.6 is 0 Å². The van der Waals surface area contributed by atoms with E-state index in [1.54, 1.807) is 32.1 Å². The summed E-state index contributed by atoms with van der Waals surface area (Å²) >= 11 is 0. The van der Waals surface area contributed by atoms with Gasteiger partial charge in [0.05, 0.1) is 5.56 Å². The van der Waals surface area contributed by atoms with Crippen molar-refractivity contribution in [1.29, 1.82) is 0 Å². The van der Waals surface area contributed by atoms with Crippen molar-refractivity contribution in [2.24, 2.45) is 5.92 Å². The molecule has 0 saturated heterocycles. The Morgan fingerprint density at radius 2 is 1.64 bits per heavy atom. The molecule has 2 nitrogen and oxygen atoms in total. The fourth-order valence-corrected chi connectivity index (χ4v) is 3.43. The first kappa shape index (κ1) is 22.1. The summed E-state index contributed by atoms with van der Waals surface area (Å²) in [6.45, 7) is 3.93. The number of halogens is 4. The van der Waals surface area contributed by atoms with E-state index in [2.05, 4.69) is 0 Å². The smallest absolute Gasteiger partial charge is 0.380 e. The van der Waals surface area contributed by atoms with Gasteiger partial charge in [-0.3, -0.25) is 0 Å². The monoisotopic (exact) mass is 395 g/mol. The Morgan fingerprint density at radius 1 is 1.07 bits per heavy atom. The van der Waals surface area contributed by atoms with E-state index in [0.29, 0.717) is 17.7 Å². The quantitative estimate of drug-likeness (QED) is 0.668. The molecule has 0 aliphatic rings. The first-order chi connectivity index (χ1) is 12.9. The molecule has 1 N–H and O–H groups in total. The van der Waals surface area contributed by atoms with E-state index in [0.717, 1.165) is 12.1 Å². The molecule has 2 aromatic rings. The van der Waals surface area contributed by atoms with Crippen LogP contribution in [0.25, 0.3) is 6.08 Å². The Kier molecular flexibility index (Phi) is 6.67. The molecule has 0 heterocycles. The molecule has 0 spiro atoms. The highest BCUT2D eigenvalue weighted by molar-refractivity contribution is 5.56. The standard InChI is InChI=1S/C22H25F4NO/c1-15(12-17-8-10-20(23)11-9-17)21(28,16(2)14-27(3)4)18-6-5-7-19(13-18)22(24,25)26/h5-13,16,28H,14H2,1-4H3/b15-12+. The highest BCUT2D eigenvalue weighted by atomic mass is 19.4. The van der Waals surface area contributed by atoms with Crippen LogP contribution in [-0.4, -0.2) is 30.6 Å². The Labute approximate surface area is 163 Å². The van der Waals surface area contributed by atoms with Crippen LogP contribution in [0.5, 0.6) is 0 Å². The van der Waals surface area contributed by atoms with Gasteiger partial charge in [0.25, 0.3) is 0 Å². The highest BCUT2D eigenvalue weighted by Gasteiger charge is 2.39. The Bertz CT molecular complexity index is 827. The van der Waals surface area contributed by atoms with Gasteiger partial charge in [-0.25, -0.2) is 4.39 Å². The third-order valence-corrected chi connectivity index (χ3v) is 4.84. The normalized spacial score (nSPS) is 16.1. The van der Waals surface area contributed by atoms with E-state index < -0.39 is 23.3 Å². The molecule has 0 radical (unpaired) electrons. The largest absolute Gasteiger partial charge is 0.416 e. The molecule has 2 atom stereocenters. The topological polar surface area (TPSA) is 23.5 Å². The van der Waals surface area contributed by atoms with Crippen LogP contribution in [0.2, 0.25) is 0 Å². The number of hydrogen-bond acceptors (Lipinski definition) is 2. The molecule has 0 saturated carbocycles. The lowest BCUT2D eigenvalue weighted by Crippen LogP contribution is -2.40. The summed E-state index contributed by atoms with van der Waals surface area (Å²) in [6.07, 6.45) is -2.83. The van der Waals surface area contributed by atoms with Crippen molar-refractivity contribution in [2.45, 2.75) is 25.6 Å². The third-order valence-electron chi connectivity index (χ3n) is 4.84. The summed E-state index contributed by atoms with van der Waals surface area (Å²) in [7, 11) is 3.67. The molecule has 6 heteroatoms. The van der Waals surface area contributed by atoms with Crippen molar-refractivity contribution in [3.05, 3.63) is 76.6 Å². The average Bonchev–Trinajstić information content (AvgIpc) is 2.61. The molecule has 28 heavy (non-hydrogen) atoms. The van der Waals surface area contributed by atoms with E-state index in [1.807, 2.05) is 19.0 Å². The van der Waals surface area contributed by atoms with Crippen molar-refractivity contribution in [2.75, 3.05) is 20.6 Å². The molecule has 0 aliphatic carbocycles. The van der Waals surface area contributed by atoms with Crippen LogP contribution < -0.4 is 0 Å². The van der Waals surface area contributed by atoms with E-state index >= 15 is 0 Å². The van der Waals surface area contributed by atoms with Crippen molar-refractivity contribution in [3.63, 3.8) is 0 Å². The van der Waals surface area contributed by atoms with E-state index in [1.165, 1.54) is 24.3 Å². The fraction of sp³-hybridized carbons (Fsp3) is 0.364. The number of aliphatic hydroxyl groups is 1. The zero-order valence-electron chi connectivity index (χ0n) is 16.4. The van der Waals surface area contributed by atoms with Gasteiger partial charge >= 0.3 is 6.18 Å². The SMILES string of the molecule is C/C(=C\c1ccc(F)cc1)C(O)(c1cccc(C(F)(F)F)c1)C(C)CN(C)C. The van der Waals surface area contributed by atoms with Crippen molar-refractivity contribution >= 4 is 6.08 Å². The number of nitrogens with zero attached hydrogens (tertiary/aromatic N) is 1. The minimum atomic E-state index is -4.50. The Morgan fingerprint density at radius 3 is 2.18 bits per heavy atom. The maximum atomic E-state index is 13.2. The second-order valence-corrected chi connectivity index (χ2v) is 7.39. The van der Waals surface area contributed by atoms with Crippen LogP contribution in [0.1, 0.15) is 30.5 Å². The van der Waals surface area contributed by atoms with Gasteiger partial charge in [0.2, 0.25) is 0 Å². The van der Waals surface area contributed by atoms with Gasteiger partial charge in [-0.15, -0.1) is 0 Å². The first-order valence-electron chi connectivity index (χ1n) is 8.93. The van der Waals surface area contributed by atoms with Crippen LogP contribution in [0, 0.1) is 11.7 Å². The van der Waals surface area contributed by atoms with Crippen LogP contribution in [0.3, 0.4) is 0 Å². The maximum absolute atomic E-state index is 13.2. The Hall–Kier alpha value is -2.18. The van der Waals surface area contributed by atoms with Gasteiger partial charge in [0.15, 0.2) is 0 Å². The van der Waals surface area contributed by atoms with E-state index in [4.69, 9.17) is 0 Å².